The molecule has 0 amide bonds. The second-order valence-corrected chi connectivity index (χ2v) is 5.15. The van der Waals surface area contributed by atoms with E-state index in [2.05, 4.69) is 19.9 Å². The average Bonchev–Trinajstić information content (AvgIpc) is 2.81. The van der Waals surface area contributed by atoms with Gasteiger partial charge in [-0.3, -0.25) is 4.57 Å². The van der Waals surface area contributed by atoms with Crippen LogP contribution in [-0.4, -0.2) is 41.0 Å². The van der Waals surface area contributed by atoms with E-state index in [1.54, 1.807) is 30.2 Å². The maximum absolute atomic E-state index is 9.47. The molecule has 2 rings (SSSR count). The molecule has 2 aromatic heterocycles. The number of aromatic nitrogens is 5. The van der Waals surface area contributed by atoms with Gasteiger partial charge in [-0.1, -0.05) is 18.7 Å². The molecule has 0 aromatic carbocycles. The summed E-state index contributed by atoms with van der Waals surface area (Å²) in [6, 6.07) is 0. The summed E-state index contributed by atoms with van der Waals surface area (Å²) in [4.78, 5) is 16.3. The van der Waals surface area contributed by atoms with E-state index < -0.39 is 6.10 Å². The molecule has 2 heterocycles. The van der Waals surface area contributed by atoms with Gasteiger partial charge >= 0.3 is 0 Å². The number of nitrogen functional groups attached to an aromatic ring is 1. The molecule has 0 bridgehead atoms. The largest absolute Gasteiger partial charge is 0.392 e. The number of hydrogen-bond acceptors (Lipinski definition) is 7. The number of aliphatic hydroxyl groups excluding tert-OH is 1. The van der Waals surface area contributed by atoms with Crippen molar-refractivity contribution >= 4 is 17.7 Å². The van der Waals surface area contributed by atoms with Crippen molar-refractivity contribution in [1.29, 1.82) is 0 Å². The van der Waals surface area contributed by atoms with E-state index in [-0.39, 0.29) is 11.2 Å². The Morgan fingerprint density at radius 2 is 2.11 bits per heavy atom. The summed E-state index contributed by atoms with van der Waals surface area (Å²) in [6.45, 7) is 3.62. The Balaban J connectivity index is 2.27. The molecular formula is C10H14N6OS. The van der Waals surface area contributed by atoms with Crippen LogP contribution in [0.25, 0.3) is 5.95 Å². The molecule has 0 radical (unpaired) electrons. The first-order valence-electron chi connectivity index (χ1n) is 5.41. The fourth-order valence-corrected chi connectivity index (χ4v) is 1.98. The number of thioether (sulfide) groups is 1. The van der Waals surface area contributed by atoms with Crippen molar-refractivity contribution in [2.24, 2.45) is 0 Å². The van der Waals surface area contributed by atoms with E-state index in [4.69, 9.17) is 5.73 Å². The van der Waals surface area contributed by atoms with Gasteiger partial charge in [0.05, 0.1) is 6.10 Å². The Kier molecular flexibility index (Phi) is 3.78. The van der Waals surface area contributed by atoms with Gasteiger partial charge in [0.1, 0.15) is 6.33 Å². The van der Waals surface area contributed by atoms with Crippen molar-refractivity contribution in [2.75, 3.05) is 5.73 Å². The molecule has 2 aromatic rings. The maximum Gasteiger partial charge on any atom is 0.240 e. The lowest BCUT2D eigenvalue weighted by Gasteiger charge is -2.13. The zero-order valence-electron chi connectivity index (χ0n) is 10.1. The minimum Gasteiger partial charge on any atom is -0.392 e. The van der Waals surface area contributed by atoms with Crippen LogP contribution in [0.5, 0.6) is 0 Å². The van der Waals surface area contributed by atoms with Gasteiger partial charge in [0.25, 0.3) is 0 Å². The molecular weight excluding hydrogens is 252 g/mol. The Morgan fingerprint density at radius 3 is 2.72 bits per heavy atom. The van der Waals surface area contributed by atoms with Crippen molar-refractivity contribution in [2.45, 2.75) is 30.4 Å². The van der Waals surface area contributed by atoms with E-state index in [1.807, 2.05) is 6.92 Å². The van der Waals surface area contributed by atoms with Crippen LogP contribution in [0.3, 0.4) is 0 Å². The van der Waals surface area contributed by atoms with Crippen LogP contribution in [-0.2, 0) is 0 Å². The second kappa shape index (κ2) is 5.32. The smallest absolute Gasteiger partial charge is 0.240 e. The number of rotatable bonds is 4. The van der Waals surface area contributed by atoms with Crippen LogP contribution >= 0.6 is 11.8 Å². The Morgan fingerprint density at radius 1 is 1.33 bits per heavy atom. The highest BCUT2D eigenvalue weighted by Crippen LogP contribution is 2.22. The minimum atomic E-state index is -0.454. The third-order valence-electron chi connectivity index (χ3n) is 2.33. The lowest BCUT2D eigenvalue weighted by molar-refractivity contribution is 0.196. The average molecular weight is 266 g/mol. The number of anilines is 1. The standard InChI is InChI=1S/C10H14N6OS/c1-6(17)7(2)18-10-14-8(11)13-9(15-10)16-4-3-12-5-16/h3-7,17H,1-2H3,(H2,11,13,14,15). The van der Waals surface area contributed by atoms with Crippen LogP contribution in [0, 0.1) is 0 Å². The van der Waals surface area contributed by atoms with Gasteiger partial charge in [-0.15, -0.1) is 0 Å². The first-order valence-corrected chi connectivity index (χ1v) is 6.29. The summed E-state index contributed by atoms with van der Waals surface area (Å²) in [5.41, 5.74) is 5.65. The van der Waals surface area contributed by atoms with Gasteiger partial charge in [0.15, 0.2) is 5.16 Å². The van der Waals surface area contributed by atoms with E-state index in [1.165, 1.54) is 11.8 Å². The molecule has 0 spiro atoms. The van der Waals surface area contributed by atoms with Crippen LogP contribution in [0.15, 0.2) is 23.9 Å². The summed E-state index contributed by atoms with van der Waals surface area (Å²) < 4.78 is 1.65. The molecule has 0 aliphatic rings. The minimum absolute atomic E-state index is 0.0255. The number of imidazole rings is 1. The molecule has 18 heavy (non-hydrogen) atoms. The molecule has 7 nitrogen and oxygen atoms in total. The number of nitrogens with two attached hydrogens (primary N) is 1. The monoisotopic (exact) mass is 266 g/mol. The summed E-state index contributed by atoms with van der Waals surface area (Å²) in [5.74, 6) is 0.564. The molecule has 0 aliphatic carbocycles. The lowest BCUT2D eigenvalue weighted by Crippen LogP contribution is -2.16. The van der Waals surface area contributed by atoms with Gasteiger partial charge in [-0.25, -0.2) is 4.98 Å². The van der Waals surface area contributed by atoms with Gasteiger partial charge in [0.2, 0.25) is 11.9 Å². The lowest BCUT2D eigenvalue weighted by atomic mass is 10.3. The van der Waals surface area contributed by atoms with Crippen LogP contribution in [0.2, 0.25) is 0 Å². The number of hydrogen-bond donors (Lipinski definition) is 2. The Bertz CT molecular complexity index is 515. The van der Waals surface area contributed by atoms with Crippen molar-refractivity contribution in [3.63, 3.8) is 0 Å². The molecule has 0 aliphatic heterocycles. The summed E-state index contributed by atoms with van der Waals surface area (Å²) in [6.07, 6.45) is 4.48. The van der Waals surface area contributed by atoms with Gasteiger partial charge in [0, 0.05) is 17.6 Å². The first kappa shape index (κ1) is 12.8. The molecule has 2 atom stereocenters. The fraction of sp³-hybridized carbons (Fsp3) is 0.400. The van der Waals surface area contributed by atoms with E-state index in [0.29, 0.717) is 11.1 Å². The highest BCUT2D eigenvalue weighted by molar-refractivity contribution is 7.99. The Labute approximate surface area is 109 Å². The highest BCUT2D eigenvalue weighted by Gasteiger charge is 2.14. The normalized spacial score (nSPS) is 14.4. The Hall–Kier alpha value is -1.67. The maximum atomic E-state index is 9.47. The zero-order valence-corrected chi connectivity index (χ0v) is 10.9. The molecule has 2 unspecified atom stereocenters. The zero-order chi connectivity index (χ0) is 13.1. The molecule has 8 heteroatoms. The summed E-state index contributed by atoms with van der Waals surface area (Å²) in [5, 5.41) is 9.93. The molecule has 0 saturated carbocycles. The van der Waals surface area contributed by atoms with E-state index >= 15 is 0 Å². The quantitative estimate of drug-likeness (QED) is 0.777. The van der Waals surface area contributed by atoms with Crippen molar-refractivity contribution in [1.82, 2.24) is 24.5 Å². The van der Waals surface area contributed by atoms with Crippen LogP contribution in [0.1, 0.15) is 13.8 Å². The van der Waals surface area contributed by atoms with Crippen molar-refractivity contribution in [3.8, 4) is 5.95 Å². The summed E-state index contributed by atoms with van der Waals surface area (Å²) >= 11 is 1.35. The van der Waals surface area contributed by atoms with Crippen molar-refractivity contribution < 1.29 is 5.11 Å². The second-order valence-electron chi connectivity index (χ2n) is 3.81. The molecule has 0 fully saturated rings. The third kappa shape index (κ3) is 2.96. The SMILES string of the molecule is CC(O)C(C)Sc1nc(N)nc(-n2ccnc2)n1. The molecule has 0 saturated heterocycles. The predicted molar refractivity (Wildman–Crippen MR) is 68.4 cm³/mol. The summed E-state index contributed by atoms with van der Waals surface area (Å²) in [7, 11) is 0. The number of aliphatic hydroxyl groups is 1. The fourth-order valence-electron chi connectivity index (χ4n) is 1.17. The molecule has 96 valence electrons. The van der Waals surface area contributed by atoms with Gasteiger partial charge < -0.3 is 10.8 Å². The number of nitrogens with zero attached hydrogens (tertiary/aromatic N) is 5. The molecule has 3 N–H and O–H groups in total. The van der Waals surface area contributed by atoms with Crippen LogP contribution in [0.4, 0.5) is 5.95 Å². The van der Waals surface area contributed by atoms with Crippen molar-refractivity contribution in [3.05, 3.63) is 18.7 Å². The van der Waals surface area contributed by atoms with E-state index in [0.717, 1.165) is 0 Å². The van der Waals surface area contributed by atoms with Crippen LogP contribution < -0.4 is 5.73 Å². The first-order chi connectivity index (χ1) is 8.56. The third-order valence-corrected chi connectivity index (χ3v) is 3.49. The topological polar surface area (TPSA) is 103 Å². The highest BCUT2D eigenvalue weighted by atomic mass is 32.2. The predicted octanol–water partition coefficient (Wildman–Crippen LogP) is 0.501. The van der Waals surface area contributed by atoms with E-state index in [9.17, 15) is 5.11 Å². The van der Waals surface area contributed by atoms with Gasteiger partial charge in [-0.05, 0) is 6.92 Å². The van der Waals surface area contributed by atoms with Gasteiger partial charge in [-0.2, -0.15) is 15.0 Å².